The molecule has 2 heterocycles. The van der Waals surface area contributed by atoms with E-state index in [9.17, 15) is 14.4 Å². The van der Waals surface area contributed by atoms with Crippen molar-refractivity contribution in [2.45, 2.75) is 19.3 Å². The predicted octanol–water partition coefficient (Wildman–Crippen LogP) is 2.45. The third-order valence-corrected chi connectivity index (χ3v) is 5.97. The Hall–Kier alpha value is -2.56. The van der Waals surface area contributed by atoms with Crippen LogP contribution in [0.3, 0.4) is 0 Å². The molecular weight excluding hydrogens is 442 g/mol. The second kappa shape index (κ2) is 11.2. The fourth-order valence-electron chi connectivity index (χ4n) is 3.20. The van der Waals surface area contributed by atoms with E-state index in [4.69, 9.17) is 16.3 Å². The molecule has 0 unspecified atom stereocenters. The Labute approximate surface area is 189 Å². The van der Waals surface area contributed by atoms with Gasteiger partial charge in [0.05, 0.1) is 5.92 Å². The van der Waals surface area contributed by atoms with Gasteiger partial charge in [0.1, 0.15) is 0 Å². The number of aromatic nitrogens is 2. The Bertz CT molecular complexity index is 921. The van der Waals surface area contributed by atoms with Gasteiger partial charge >= 0.3 is 0 Å². The lowest BCUT2D eigenvalue weighted by molar-refractivity contribution is -0.126. The summed E-state index contributed by atoms with van der Waals surface area (Å²) < 4.78 is 4.97. The summed E-state index contributed by atoms with van der Waals surface area (Å²) in [6.07, 6.45) is 2.19. The van der Waals surface area contributed by atoms with Crippen LogP contribution in [-0.2, 0) is 9.53 Å². The summed E-state index contributed by atoms with van der Waals surface area (Å²) >= 11 is 6.77. The molecule has 1 aliphatic rings. The second-order valence-corrected chi connectivity index (χ2v) is 8.52. The van der Waals surface area contributed by atoms with Crippen LogP contribution in [0.4, 0.5) is 5.69 Å². The normalized spacial score (nSPS) is 16.1. The van der Waals surface area contributed by atoms with Crippen molar-refractivity contribution >= 4 is 46.3 Å². The van der Waals surface area contributed by atoms with Crippen LogP contribution < -0.4 is 10.6 Å². The molecule has 31 heavy (non-hydrogen) atoms. The number of nitrogens with one attached hydrogen (secondary N) is 2. The standard InChI is InChI=1S/C20H24ClN5O4S/c1-30-11-3-9-22-16(27)13-4-2-10-26(12-13)20(29)19-25-24-18(31-19)17(28)23-15-7-5-14(21)6-8-15/h5-8,13H,2-4,9-12H2,1H3,(H,22,27)(H,23,28)/t13-/m1/s1. The first-order valence-corrected chi connectivity index (χ1v) is 11.1. The summed E-state index contributed by atoms with van der Waals surface area (Å²) in [6.45, 7) is 1.99. The SMILES string of the molecule is COCCCNC(=O)[C@@H]1CCCN(C(=O)c2nnc(C(=O)Nc3ccc(Cl)cc3)s2)C1. The number of benzene rings is 1. The third-order valence-electron chi connectivity index (χ3n) is 4.81. The molecule has 11 heteroatoms. The summed E-state index contributed by atoms with van der Waals surface area (Å²) in [5.74, 6) is -1.10. The van der Waals surface area contributed by atoms with Crippen LogP contribution in [0.1, 0.15) is 38.9 Å². The number of methoxy groups -OCH3 is 1. The van der Waals surface area contributed by atoms with Gasteiger partial charge in [-0.1, -0.05) is 22.9 Å². The maximum absolute atomic E-state index is 12.8. The fraction of sp³-hybridized carbons (Fsp3) is 0.450. The van der Waals surface area contributed by atoms with Crippen molar-refractivity contribution in [2.75, 3.05) is 38.7 Å². The maximum atomic E-state index is 12.8. The average Bonchev–Trinajstić information content (AvgIpc) is 3.28. The minimum atomic E-state index is -0.453. The molecule has 0 saturated carbocycles. The number of nitrogens with zero attached hydrogens (tertiary/aromatic N) is 3. The zero-order chi connectivity index (χ0) is 22.2. The van der Waals surface area contributed by atoms with Crippen LogP contribution in [0.25, 0.3) is 0 Å². The molecule has 3 rings (SSSR count). The van der Waals surface area contributed by atoms with Gasteiger partial charge in [-0.25, -0.2) is 0 Å². The number of hydrogen-bond donors (Lipinski definition) is 2. The van der Waals surface area contributed by atoms with E-state index in [0.29, 0.717) is 37.0 Å². The second-order valence-electron chi connectivity index (χ2n) is 7.10. The maximum Gasteiger partial charge on any atom is 0.286 e. The Morgan fingerprint density at radius 3 is 2.71 bits per heavy atom. The lowest BCUT2D eigenvalue weighted by atomic mass is 9.97. The van der Waals surface area contributed by atoms with Gasteiger partial charge < -0.3 is 20.3 Å². The highest BCUT2D eigenvalue weighted by Crippen LogP contribution is 2.21. The number of carbonyl (C=O) groups excluding carboxylic acids is 3. The van der Waals surface area contributed by atoms with Gasteiger partial charge in [-0.05, 0) is 43.5 Å². The molecule has 1 aromatic heterocycles. The Kier molecular flexibility index (Phi) is 8.33. The van der Waals surface area contributed by atoms with Gasteiger partial charge in [-0.3, -0.25) is 14.4 Å². The van der Waals surface area contributed by atoms with Crippen molar-refractivity contribution in [1.82, 2.24) is 20.4 Å². The Morgan fingerprint density at radius 1 is 1.23 bits per heavy atom. The first-order valence-electron chi connectivity index (χ1n) is 9.94. The fourth-order valence-corrected chi connectivity index (χ4v) is 4.04. The van der Waals surface area contributed by atoms with E-state index in [0.717, 1.165) is 30.6 Å². The highest BCUT2D eigenvalue weighted by molar-refractivity contribution is 7.15. The lowest BCUT2D eigenvalue weighted by Crippen LogP contribution is -2.45. The minimum absolute atomic E-state index is 0.0612. The number of likely N-dealkylation sites (tertiary alicyclic amines) is 1. The first kappa shape index (κ1) is 23.1. The van der Waals surface area contributed by atoms with E-state index in [1.54, 1.807) is 36.3 Å². The summed E-state index contributed by atoms with van der Waals surface area (Å²) in [6, 6.07) is 6.66. The monoisotopic (exact) mass is 465 g/mol. The van der Waals surface area contributed by atoms with Crippen molar-refractivity contribution in [2.24, 2.45) is 5.92 Å². The van der Waals surface area contributed by atoms with E-state index in [1.165, 1.54) is 0 Å². The molecule has 166 valence electrons. The van der Waals surface area contributed by atoms with E-state index in [2.05, 4.69) is 20.8 Å². The zero-order valence-corrected chi connectivity index (χ0v) is 18.7. The molecule has 1 aliphatic heterocycles. The number of ether oxygens (including phenoxy) is 1. The number of halogens is 1. The molecule has 0 spiro atoms. The predicted molar refractivity (Wildman–Crippen MR) is 117 cm³/mol. The topological polar surface area (TPSA) is 114 Å². The van der Waals surface area contributed by atoms with Crippen molar-refractivity contribution in [3.05, 3.63) is 39.3 Å². The highest BCUT2D eigenvalue weighted by atomic mass is 35.5. The van der Waals surface area contributed by atoms with Gasteiger partial charge in [0.25, 0.3) is 11.8 Å². The number of rotatable bonds is 8. The molecule has 9 nitrogen and oxygen atoms in total. The van der Waals surface area contributed by atoms with Crippen molar-refractivity contribution in [1.29, 1.82) is 0 Å². The van der Waals surface area contributed by atoms with Gasteiger partial charge in [0.15, 0.2) is 0 Å². The molecule has 1 saturated heterocycles. The van der Waals surface area contributed by atoms with E-state index >= 15 is 0 Å². The Morgan fingerprint density at radius 2 is 1.97 bits per heavy atom. The van der Waals surface area contributed by atoms with E-state index in [1.807, 2.05) is 0 Å². The number of piperidine rings is 1. The van der Waals surface area contributed by atoms with Crippen LogP contribution in [0.15, 0.2) is 24.3 Å². The third kappa shape index (κ3) is 6.46. The van der Waals surface area contributed by atoms with Crippen LogP contribution in [0, 0.1) is 5.92 Å². The average molecular weight is 466 g/mol. The van der Waals surface area contributed by atoms with Crippen LogP contribution >= 0.6 is 22.9 Å². The molecule has 0 aliphatic carbocycles. The molecule has 1 aromatic carbocycles. The van der Waals surface area contributed by atoms with Crippen molar-refractivity contribution < 1.29 is 19.1 Å². The molecule has 0 bridgehead atoms. The Balaban J connectivity index is 1.56. The van der Waals surface area contributed by atoms with Crippen LogP contribution in [-0.4, -0.2) is 66.2 Å². The minimum Gasteiger partial charge on any atom is -0.385 e. The lowest BCUT2D eigenvalue weighted by Gasteiger charge is -2.31. The first-order chi connectivity index (χ1) is 15.0. The van der Waals surface area contributed by atoms with Crippen LogP contribution in [0.2, 0.25) is 5.02 Å². The molecule has 2 N–H and O–H groups in total. The molecule has 0 radical (unpaired) electrons. The van der Waals surface area contributed by atoms with E-state index < -0.39 is 5.91 Å². The molecule has 1 fully saturated rings. The largest absolute Gasteiger partial charge is 0.385 e. The van der Waals surface area contributed by atoms with Gasteiger partial charge in [0.2, 0.25) is 15.9 Å². The van der Waals surface area contributed by atoms with Gasteiger partial charge in [-0.15, -0.1) is 10.2 Å². The van der Waals surface area contributed by atoms with E-state index in [-0.39, 0.29) is 27.7 Å². The van der Waals surface area contributed by atoms with Gasteiger partial charge in [0, 0.05) is 44.1 Å². The number of hydrogen-bond acceptors (Lipinski definition) is 7. The molecule has 3 amide bonds. The molecule has 1 atom stereocenters. The number of carbonyl (C=O) groups is 3. The number of anilines is 1. The summed E-state index contributed by atoms with van der Waals surface area (Å²) in [5, 5.41) is 14.1. The van der Waals surface area contributed by atoms with Crippen LogP contribution in [0.5, 0.6) is 0 Å². The highest BCUT2D eigenvalue weighted by Gasteiger charge is 2.30. The molecule has 2 aromatic rings. The molecular formula is C20H24ClN5O4S. The van der Waals surface area contributed by atoms with Crippen molar-refractivity contribution in [3.8, 4) is 0 Å². The zero-order valence-electron chi connectivity index (χ0n) is 17.1. The van der Waals surface area contributed by atoms with Crippen molar-refractivity contribution in [3.63, 3.8) is 0 Å². The summed E-state index contributed by atoms with van der Waals surface area (Å²) in [5.41, 5.74) is 0.563. The summed E-state index contributed by atoms with van der Waals surface area (Å²) in [4.78, 5) is 39.2. The quantitative estimate of drug-likeness (QED) is 0.579. The summed E-state index contributed by atoms with van der Waals surface area (Å²) in [7, 11) is 1.62. The van der Waals surface area contributed by atoms with Gasteiger partial charge in [-0.2, -0.15) is 0 Å². The smallest absolute Gasteiger partial charge is 0.286 e. The number of amides is 3.